The van der Waals surface area contributed by atoms with Crippen LogP contribution >= 0.6 is 0 Å². The number of rotatable bonds is 4. The highest BCUT2D eigenvalue weighted by molar-refractivity contribution is 5.98. The zero-order valence-corrected chi connectivity index (χ0v) is 12.9. The lowest BCUT2D eigenvalue weighted by molar-refractivity contribution is -0.137. The Balaban J connectivity index is 2.29. The van der Waals surface area contributed by atoms with Crippen LogP contribution in [0, 0.1) is 6.92 Å². The van der Waals surface area contributed by atoms with Gasteiger partial charge in [-0.2, -0.15) is 0 Å². The molecule has 0 bridgehead atoms. The Kier molecular flexibility index (Phi) is 3.70. The van der Waals surface area contributed by atoms with Crippen LogP contribution in [0.1, 0.15) is 22.8 Å². The van der Waals surface area contributed by atoms with Crippen molar-refractivity contribution in [2.24, 2.45) is 0 Å². The van der Waals surface area contributed by atoms with Gasteiger partial charge in [0.05, 0.1) is 11.0 Å². The normalized spacial score (nSPS) is 10.9. The molecule has 3 aromatic rings. The van der Waals surface area contributed by atoms with Gasteiger partial charge in [0.15, 0.2) is 5.78 Å². The van der Waals surface area contributed by atoms with Crippen molar-refractivity contribution in [2.45, 2.75) is 20.4 Å². The molecule has 0 saturated heterocycles. The smallest absolute Gasteiger partial charge is 0.323 e. The Morgan fingerprint density at radius 3 is 2.57 bits per heavy atom. The molecule has 0 amide bonds. The molecule has 0 aliphatic heterocycles. The summed E-state index contributed by atoms with van der Waals surface area (Å²) in [5.74, 6) is -0.381. The zero-order valence-electron chi connectivity index (χ0n) is 12.9. The molecule has 1 aromatic heterocycles. The Hall–Kier alpha value is -2.95. The van der Waals surface area contributed by atoms with Crippen molar-refractivity contribution in [2.75, 3.05) is 0 Å². The molecule has 0 fully saturated rings. The van der Waals surface area contributed by atoms with Gasteiger partial charge in [0.2, 0.25) is 0 Å². The van der Waals surface area contributed by atoms with Crippen LogP contribution in [0.15, 0.2) is 42.5 Å². The first kappa shape index (κ1) is 15.0. The van der Waals surface area contributed by atoms with Crippen molar-refractivity contribution in [3.05, 3.63) is 53.6 Å². The van der Waals surface area contributed by atoms with E-state index < -0.39 is 5.97 Å². The number of carboxylic acid groups (broad SMARTS) is 1. The quantitative estimate of drug-likeness (QED) is 0.751. The fraction of sp³-hybridized carbons (Fsp3) is 0.167. The molecule has 3 rings (SSSR count). The first-order valence-corrected chi connectivity index (χ1v) is 7.26. The molecule has 5 nitrogen and oxygen atoms in total. The number of fused-ring (bicyclic) bond motifs is 1. The number of ketones is 1. The van der Waals surface area contributed by atoms with E-state index in [1.165, 1.54) is 6.92 Å². The summed E-state index contributed by atoms with van der Waals surface area (Å²) in [6.45, 7) is 3.28. The van der Waals surface area contributed by atoms with Crippen LogP contribution in [0.5, 0.6) is 0 Å². The van der Waals surface area contributed by atoms with E-state index in [2.05, 4.69) is 4.98 Å². The minimum Gasteiger partial charge on any atom is -0.480 e. The summed E-state index contributed by atoms with van der Waals surface area (Å²) < 4.78 is 1.67. The van der Waals surface area contributed by atoms with Crippen LogP contribution in [-0.2, 0) is 11.3 Å². The highest BCUT2D eigenvalue weighted by Crippen LogP contribution is 2.27. The van der Waals surface area contributed by atoms with E-state index in [9.17, 15) is 14.7 Å². The maximum absolute atomic E-state index is 11.6. The second kappa shape index (κ2) is 5.68. The van der Waals surface area contributed by atoms with Gasteiger partial charge >= 0.3 is 5.97 Å². The van der Waals surface area contributed by atoms with Crippen molar-refractivity contribution in [1.82, 2.24) is 9.55 Å². The maximum atomic E-state index is 11.6. The number of carbonyl (C=O) groups is 2. The highest BCUT2D eigenvalue weighted by Gasteiger charge is 2.17. The van der Waals surface area contributed by atoms with Crippen LogP contribution in [0.3, 0.4) is 0 Å². The third-order valence-electron chi connectivity index (χ3n) is 3.83. The van der Waals surface area contributed by atoms with Gasteiger partial charge in [-0.3, -0.25) is 9.59 Å². The number of imidazole rings is 1. The van der Waals surface area contributed by atoms with Crippen LogP contribution in [-0.4, -0.2) is 26.4 Å². The predicted octanol–water partition coefficient (Wildman–Crippen LogP) is 3.30. The van der Waals surface area contributed by atoms with E-state index in [1.54, 1.807) is 22.8 Å². The summed E-state index contributed by atoms with van der Waals surface area (Å²) in [5.41, 5.74) is 3.79. The molecule has 0 atom stereocenters. The number of hydrogen-bond donors (Lipinski definition) is 1. The Morgan fingerprint density at radius 2 is 1.91 bits per heavy atom. The molecule has 23 heavy (non-hydrogen) atoms. The third kappa shape index (κ3) is 2.73. The van der Waals surface area contributed by atoms with E-state index in [-0.39, 0.29) is 12.3 Å². The van der Waals surface area contributed by atoms with Gasteiger partial charge in [-0.1, -0.05) is 24.3 Å². The third-order valence-corrected chi connectivity index (χ3v) is 3.83. The maximum Gasteiger partial charge on any atom is 0.323 e. The van der Waals surface area contributed by atoms with Crippen molar-refractivity contribution in [3.8, 4) is 11.4 Å². The lowest BCUT2D eigenvalue weighted by atomic mass is 10.1. The molecule has 0 aliphatic carbocycles. The molecule has 0 aliphatic rings. The SMILES string of the molecule is CC(=O)c1ccc2c(c1)nc(-c1ccccc1C)n2CC(=O)O. The lowest BCUT2D eigenvalue weighted by Crippen LogP contribution is -2.10. The summed E-state index contributed by atoms with van der Waals surface area (Å²) in [4.78, 5) is 27.4. The van der Waals surface area contributed by atoms with Crippen molar-refractivity contribution < 1.29 is 14.7 Å². The fourth-order valence-electron chi connectivity index (χ4n) is 2.67. The monoisotopic (exact) mass is 308 g/mol. The van der Waals surface area contributed by atoms with Gasteiger partial charge in [-0.25, -0.2) is 4.98 Å². The minimum absolute atomic E-state index is 0.0443. The van der Waals surface area contributed by atoms with Crippen molar-refractivity contribution in [1.29, 1.82) is 0 Å². The number of Topliss-reactive ketones (excluding diaryl/α,β-unsaturated/α-hetero) is 1. The van der Waals surface area contributed by atoms with E-state index in [4.69, 9.17) is 0 Å². The molecular formula is C18H16N2O3. The van der Waals surface area contributed by atoms with Crippen molar-refractivity contribution >= 4 is 22.8 Å². The van der Waals surface area contributed by atoms with Gasteiger partial charge < -0.3 is 9.67 Å². The number of hydrogen-bond acceptors (Lipinski definition) is 3. The molecule has 1 heterocycles. The lowest BCUT2D eigenvalue weighted by Gasteiger charge is -2.08. The number of nitrogens with zero attached hydrogens (tertiary/aromatic N) is 2. The Labute approximate surface area is 133 Å². The first-order valence-electron chi connectivity index (χ1n) is 7.26. The fourth-order valence-corrected chi connectivity index (χ4v) is 2.67. The average Bonchev–Trinajstić information content (AvgIpc) is 2.85. The molecule has 2 aromatic carbocycles. The number of benzene rings is 2. The molecule has 0 radical (unpaired) electrons. The molecule has 116 valence electrons. The standard InChI is InChI=1S/C18H16N2O3/c1-11-5-3-4-6-14(11)18-19-15-9-13(12(2)21)7-8-16(15)20(18)10-17(22)23/h3-9H,10H2,1-2H3,(H,22,23). The summed E-state index contributed by atoms with van der Waals surface area (Å²) in [5, 5.41) is 9.23. The molecule has 1 N–H and O–H groups in total. The molecular weight excluding hydrogens is 292 g/mol. The van der Waals surface area contributed by atoms with Crippen LogP contribution < -0.4 is 0 Å². The average molecular weight is 308 g/mol. The van der Waals surface area contributed by atoms with E-state index in [0.717, 1.165) is 11.1 Å². The molecule has 0 unspecified atom stereocenters. The van der Waals surface area contributed by atoms with Crippen LogP contribution in [0.25, 0.3) is 22.4 Å². The Morgan fingerprint density at radius 1 is 1.17 bits per heavy atom. The van der Waals surface area contributed by atoms with Gasteiger partial charge in [0.25, 0.3) is 0 Å². The van der Waals surface area contributed by atoms with Gasteiger partial charge in [0, 0.05) is 11.1 Å². The van der Waals surface area contributed by atoms with E-state index in [1.807, 2.05) is 31.2 Å². The highest BCUT2D eigenvalue weighted by atomic mass is 16.4. The molecule has 0 saturated carbocycles. The second-order valence-corrected chi connectivity index (χ2v) is 5.49. The first-order chi connectivity index (χ1) is 11.0. The zero-order chi connectivity index (χ0) is 16.6. The summed E-state index contributed by atoms with van der Waals surface area (Å²) in [7, 11) is 0. The second-order valence-electron chi connectivity index (χ2n) is 5.49. The summed E-state index contributed by atoms with van der Waals surface area (Å²) in [6.07, 6.45) is 0. The number of aliphatic carboxylic acids is 1. The minimum atomic E-state index is -0.935. The van der Waals surface area contributed by atoms with Crippen LogP contribution in [0.2, 0.25) is 0 Å². The Bertz CT molecular complexity index is 925. The van der Waals surface area contributed by atoms with E-state index >= 15 is 0 Å². The number of carbonyl (C=O) groups excluding carboxylic acids is 1. The molecule has 5 heteroatoms. The van der Waals surface area contributed by atoms with Crippen molar-refractivity contribution in [3.63, 3.8) is 0 Å². The molecule has 0 spiro atoms. The number of aromatic nitrogens is 2. The largest absolute Gasteiger partial charge is 0.480 e. The number of carboxylic acids is 1. The van der Waals surface area contributed by atoms with Gasteiger partial charge in [-0.15, -0.1) is 0 Å². The summed E-state index contributed by atoms with van der Waals surface area (Å²) >= 11 is 0. The number of aryl methyl sites for hydroxylation is 1. The van der Waals surface area contributed by atoms with Gasteiger partial charge in [-0.05, 0) is 37.6 Å². The summed E-state index contributed by atoms with van der Waals surface area (Å²) in [6, 6.07) is 12.9. The topological polar surface area (TPSA) is 72.2 Å². The predicted molar refractivity (Wildman–Crippen MR) is 87.5 cm³/mol. The van der Waals surface area contributed by atoms with Gasteiger partial charge in [0.1, 0.15) is 12.4 Å². The van der Waals surface area contributed by atoms with Crippen LogP contribution in [0.4, 0.5) is 0 Å². The van der Waals surface area contributed by atoms with E-state index in [0.29, 0.717) is 22.4 Å².